The Bertz CT molecular complexity index is 1150. The van der Waals surface area contributed by atoms with Crippen LogP contribution in [0.1, 0.15) is 31.9 Å². The van der Waals surface area contributed by atoms with Gasteiger partial charge in [-0.3, -0.25) is 14.4 Å². The highest BCUT2D eigenvalue weighted by atomic mass is 16.7. The van der Waals surface area contributed by atoms with Crippen LogP contribution in [0.3, 0.4) is 0 Å². The average Bonchev–Trinajstić information content (AvgIpc) is 3.22. The van der Waals surface area contributed by atoms with Crippen LogP contribution in [0.4, 0.5) is 0 Å². The number of esters is 3. The number of benzene rings is 1. The molecule has 1 aromatic rings. The summed E-state index contributed by atoms with van der Waals surface area (Å²) in [6, 6.07) is 1.96. The van der Waals surface area contributed by atoms with E-state index in [0.29, 0.717) is 16.9 Å². The lowest BCUT2D eigenvalue weighted by Crippen LogP contribution is -2.65. The van der Waals surface area contributed by atoms with Crippen LogP contribution in [-0.2, 0) is 50.5 Å². The van der Waals surface area contributed by atoms with E-state index in [-0.39, 0.29) is 32.2 Å². The standard InChI is InChI=1S/C25H29N3O10/c1-6-8-32-18-10-17-12-35-25(21(17)19(11-18)33-9-7-2)24(37-16(5)31)22(27-28-26)23(36-15(4)30)20(38-25)13-34-14(3)29/h6-7,10-11,20,22-24H,1-2,8-9,12-13H2,3-5H3/t20-,22+,23-,24-,25+/m1/s1. The fraction of sp³-hybridized carbons (Fsp3) is 0.480. The molecule has 0 unspecified atom stereocenters. The van der Waals surface area contributed by atoms with Crippen molar-refractivity contribution in [3.8, 4) is 11.5 Å². The molecule has 2 heterocycles. The largest absolute Gasteiger partial charge is 0.489 e. The van der Waals surface area contributed by atoms with Crippen LogP contribution >= 0.6 is 0 Å². The van der Waals surface area contributed by atoms with Gasteiger partial charge in [-0.15, -0.1) is 0 Å². The molecule has 1 aromatic carbocycles. The van der Waals surface area contributed by atoms with Crippen LogP contribution in [-0.4, -0.2) is 62.1 Å². The van der Waals surface area contributed by atoms with Gasteiger partial charge in [0.05, 0.1) is 12.2 Å². The van der Waals surface area contributed by atoms with Gasteiger partial charge in [0.1, 0.15) is 49.6 Å². The van der Waals surface area contributed by atoms with Crippen LogP contribution in [0.2, 0.25) is 0 Å². The second kappa shape index (κ2) is 12.5. The molecule has 5 atom stereocenters. The minimum absolute atomic E-state index is 0.0374. The van der Waals surface area contributed by atoms with Gasteiger partial charge in [0.15, 0.2) is 6.10 Å². The summed E-state index contributed by atoms with van der Waals surface area (Å²) in [6.45, 7) is 10.7. The van der Waals surface area contributed by atoms with Crippen LogP contribution < -0.4 is 9.47 Å². The molecule has 0 aliphatic carbocycles. The highest BCUT2D eigenvalue weighted by Gasteiger charge is 2.63. The number of nitrogens with zero attached hydrogens (tertiary/aromatic N) is 3. The first-order valence-corrected chi connectivity index (χ1v) is 11.6. The fourth-order valence-electron chi connectivity index (χ4n) is 4.38. The van der Waals surface area contributed by atoms with Crippen molar-refractivity contribution in [1.29, 1.82) is 0 Å². The van der Waals surface area contributed by atoms with E-state index >= 15 is 0 Å². The van der Waals surface area contributed by atoms with E-state index in [1.807, 2.05) is 0 Å². The van der Waals surface area contributed by atoms with E-state index in [4.69, 9.17) is 33.2 Å². The number of azide groups is 1. The third-order valence-electron chi connectivity index (χ3n) is 5.62. The number of hydrogen-bond acceptors (Lipinski definition) is 11. The van der Waals surface area contributed by atoms with E-state index in [9.17, 15) is 19.9 Å². The molecule has 2 aliphatic rings. The molecule has 1 fully saturated rings. The third kappa shape index (κ3) is 6.08. The van der Waals surface area contributed by atoms with Crippen LogP contribution in [0, 0.1) is 0 Å². The van der Waals surface area contributed by atoms with Gasteiger partial charge in [-0.1, -0.05) is 30.4 Å². The van der Waals surface area contributed by atoms with Gasteiger partial charge < -0.3 is 33.2 Å². The average molecular weight is 532 g/mol. The molecule has 0 radical (unpaired) electrons. The Morgan fingerprint density at radius 1 is 1.11 bits per heavy atom. The van der Waals surface area contributed by atoms with E-state index < -0.39 is 48.0 Å². The molecule has 38 heavy (non-hydrogen) atoms. The molecule has 1 spiro atoms. The van der Waals surface area contributed by atoms with E-state index in [0.717, 1.165) is 13.8 Å². The molecule has 3 rings (SSSR count). The van der Waals surface area contributed by atoms with Gasteiger partial charge in [-0.2, -0.15) is 0 Å². The molecule has 0 saturated carbocycles. The van der Waals surface area contributed by atoms with Gasteiger partial charge in [0, 0.05) is 31.7 Å². The Labute approximate surface area is 218 Å². The SMILES string of the molecule is C=CCOc1cc2c(c(OCC=C)c1)[C@]1(OC2)O[C@H](COC(C)=O)[C@@H](OC(C)=O)[C@H](N=[N+]=[N-])[C@H]1OC(C)=O. The summed E-state index contributed by atoms with van der Waals surface area (Å²) >= 11 is 0. The molecular weight excluding hydrogens is 502 g/mol. The summed E-state index contributed by atoms with van der Waals surface area (Å²) in [4.78, 5) is 38.7. The van der Waals surface area contributed by atoms with Gasteiger partial charge in [0.25, 0.3) is 0 Å². The summed E-state index contributed by atoms with van der Waals surface area (Å²) in [7, 11) is 0. The first-order valence-electron chi connectivity index (χ1n) is 11.6. The monoisotopic (exact) mass is 531 g/mol. The summed E-state index contributed by atoms with van der Waals surface area (Å²) in [5.41, 5.74) is 10.3. The van der Waals surface area contributed by atoms with Crippen molar-refractivity contribution >= 4 is 17.9 Å². The predicted molar refractivity (Wildman–Crippen MR) is 130 cm³/mol. The lowest BCUT2D eigenvalue weighted by molar-refractivity contribution is -0.352. The lowest BCUT2D eigenvalue weighted by Gasteiger charge is -2.49. The second-order valence-corrected chi connectivity index (χ2v) is 8.37. The predicted octanol–water partition coefficient (Wildman–Crippen LogP) is 3.00. The van der Waals surface area contributed by atoms with Crippen molar-refractivity contribution in [2.24, 2.45) is 5.11 Å². The highest BCUT2D eigenvalue weighted by Crippen LogP contribution is 2.52. The van der Waals surface area contributed by atoms with E-state index in [1.165, 1.54) is 13.0 Å². The summed E-state index contributed by atoms with van der Waals surface area (Å²) in [6.07, 6.45) is -0.796. The minimum Gasteiger partial charge on any atom is -0.489 e. The maximum Gasteiger partial charge on any atom is 0.303 e. The maximum absolute atomic E-state index is 12.2. The summed E-state index contributed by atoms with van der Waals surface area (Å²) in [5.74, 6) is -3.29. The molecule has 2 aliphatic heterocycles. The van der Waals surface area contributed by atoms with Crippen LogP contribution in [0.5, 0.6) is 11.5 Å². The van der Waals surface area contributed by atoms with Crippen molar-refractivity contribution < 1.29 is 47.5 Å². The molecule has 204 valence electrons. The zero-order valence-corrected chi connectivity index (χ0v) is 21.3. The lowest BCUT2D eigenvalue weighted by atomic mass is 9.85. The second-order valence-electron chi connectivity index (χ2n) is 8.37. The van der Waals surface area contributed by atoms with Crippen molar-refractivity contribution in [2.75, 3.05) is 19.8 Å². The fourth-order valence-corrected chi connectivity index (χ4v) is 4.38. The van der Waals surface area contributed by atoms with Crippen molar-refractivity contribution in [2.45, 2.75) is 57.5 Å². The Morgan fingerprint density at radius 3 is 2.39 bits per heavy atom. The highest BCUT2D eigenvalue weighted by molar-refractivity contribution is 5.68. The zero-order valence-electron chi connectivity index (χ0n) is 21.3. The molecule has 1 saturated heterocycles. The molecule has 13 heteroatoms. The zero-order chi connectivity index (χ0) is 27.9. The van der Waals surface area contributed by atoms with Gasteiger partial charge >= 0.3 is 17.9 Å². The van der Waals surface area contributed by atoms with Crippen molar-refractivity contribution in [3.05, 3.63) is 59.0 Å². The molecule has 0 N–H and O–H groups in total. The first kappa shape index (κ1) is 28.5. The van der Waals surface area contributed by atoms with E-state index in [2.05, 4.69) is 23.2 Å². The van der Waals surface area contributed by atoms with Crippen molar-refractivity contribution in [3.63, 3.8) is 0 Å². The number of carbonyl (C=O) groups excluding carboxylic acids is 3. The first-order chi connectivity index (χ1) is 18.2. The summed E-state index contributed by atoms with van der Waals surface area (Å²) in [5, 5.41) is 3.80. The number of fused-ring (bicyclic) bond motifs is 2. The number of hydrogen-bond donors (Lipinski definition) is 0. The van der Waals surface area contributed by atoms with Gasteiger partial charge in [0.2, 0.25) is 5.79 Å². The smallest absolute Gasteiger partial charge is 0.303 e. The normalized spacial score (nSPS) is 25.3. The Hall–Kier alpha value is -4.06. The molecular formula is C25H29N3O10. The minimum atomic E-state index is -1.89. The quantitative estimate of drug-likeness (QED) is 0.103. The molecule has 0 aromatic heterocycles. The van der Waals surface area contributed by atoms with E-state index in [1.54, 1.807) is 18.2 Å². The van der Waals surface area contributed by atoms with Crippen LogP contribution in [0.25, 0.3) is 10.4 Å². The molecule has 0 bridgehead atoms. The number of ether oxygens (including phenoxy) is 7. The third-order valence-corrected chi connectivity index (χ3v) is 5.62. The van der Waals surface area contributed by atoms with Gasteiger partial charge in [-0.25, -0.2) is 0 Å². The number of carbonyl (C=O) groups is 3. The number of rotatable bonds is 11. The Balaban J connectivity index is 2.24. The Morgan fingerprint density at radius 2 is 1.79 bits per heavy atom. The maximum atomic E-state index is 12.2. The topological polar surface area (TPSA) is 165 Å². The van der Waals surface area contributed by atoms with Crippen LogP contribution in [0.15, 0.2) is 42.6 Å². The molecule has 13 nitrogen and oxygen atoms in total. The van der Waals surface area contributed by atoms with Gasteiger partial charge in [-0.05, 0) is 17.2 Å². The Kier molecular flexibility index (Phi) is 9.35. The molecule has 0 amide bonds. The summed E-state index contributed by atoms with van der Waals surface area (Å²) < 4.78 is 40.3. The van der Waals surface area contributed by atoms with Crippen molar-refractivity contribution in [1.82, 2.24) is 0 Å².